The molecule has 1 aliphatic heterocycles. The zero-order valence-corrected chi connectivity index (χ0v) is 11.8. The van der Waals surface area contributed by atoms with Crippen LogP contribution in [0.3, 0.4) is 0 Å². The smallest absolute Gasteiger partial charge is 0.329 e. The average Bonchev–Trinajstić information content (AvgIpc) is 2.35. The van der Waals surface area contributed by atoms with Crippen molar-refractivity contribution in [2.24, 2.45) is 5.73 Å². The van der Waals surface area contributed by atoms with Crippen LogP contribution in [0.2, 0.25) is 0 Å². The van der Waals surface area contributed by atoms with Crippen LogP contribution in [0, 0.1) is 0 Å². The van der Waals surface area contributed by atoms with Crippen LogP contribution in [0.5, 0.6) is 0 Å². The Kier molecular flexibility index (Phi) is 5.47. The van der Waals surface area contributed by atoms with Crippen molar-refractivity contribution >= 4 is 23.6 Å². The lowest BCUT2D eigenvalue weighted by atomic mass is 9.87. The summed E-state index contributed by atoms with van der Waals surface area (Å²) in [6, 6.07) is -0.589. The van der Waals surface area contributed by atoms with Crippen molar-refractivity contribution in [1.29, 1.82) is 0 Å². The summed E-state index contributed by atoms with van der Waals surface area (Å²) < 4.78 is 0. The quantitative estimate of drug-likeness (QED) is 0.779. The summed E-state index contributed by atoms with van der Waals surface area (Å²) in [6.45, 7) is 2.11. The number of carbonyl (C=O) groups is 2. The number of amides is 1. The highest BCUT2D eigenvalue weighted by Crippen LogP contribution is 2.29. The monoisotopic (exact) mass is 274 g/mol. The Morgan fingerprint density at radius 3 is 2.72 bits per heavy atom. The van der Waals surface area contributed by atoms with E-state index in [2.05, 4.69) is 0 Å². The fourth-order valence-corrected chi connectivity index (χ4v) is 2.75. The lowest BCUT2D eigenvalue weighted by molar-refractivity contribution is -0.161. The second-order valence-electron chi connectivity index (χ2n) is 4.91. The van der Waals surface area contributed by atoms with Crippen LogP contribution in [-0.4, -0.2) is 52.0 Å². The van der Waals surface area contributed by atoms with Gasteiger partial charge in [0, 0.05) is 6.54 Å². The van der Waals surface area contributed by atoms with Gasteiger partial charge in [-0.05, 0) is 44.6 Å². The molecule has 0 radical (unpaired) electrons. The molecule has 0 bridgehead atoms. The topological polar surface area (TPSA) is 83.6 Å². The normalized spacial score (nSPS) is 25.8. The molecular weight excluding hydrogens is 252 g/mol. The molecule has 0 aromatic heterocycles. The number of thioether (sulfide) groups is 1. The van der Waals surface area contributed by atoms with E-state index in [0.717, 1.165) is 18.6 Å². The molecule has 2 atom stereocenters. The van der Waals surface area contributed by atoms with Crippen molar-refractivity contribution in [3.8, 4) is 0 Å². The molecule has 1 unspecified atom stereocenters. The van der Waals surface area contributed by atoms with Gasteiger partial charge in [0.2, 0.25) is 5.91 Å². The van der Waals surface area contributed by atoms with Crippen LogP contribution in [0.1, 0.15) is 32.6 Å². The Morgan fingerprint density at radius 1 is 1.50 bits per heavy atom. The lowest BCUT2D eigenvalue weighted by Crippen LogP contribution is -2.60. The summed E-state index contributed by atoms with van der Waals surface area (Å²) in [5.41, 5.74) is 4.77. The van der Waals surface area contributed by atoms with E-state index in [-0.39, 0.29) is 5.91 Å². The van der Waals surface area contributed by atoms with Crippen molar-refractivity contribution in [2.75, 3.05) is 18.6 Å². The summed E-state index contributed by atoms with van der Waals surface area (Å²) in [6.07, 6.45) is 4.74. The van der Waals surface area contributed by atoms with Crippen LogP contribution >= 0.6 is 11.8 Å². The van der Waals surface area contributed by atoms with Gasteiger partial charge in [0.05, 0.1) is 6.04 Å². The minimum atomic E-state index is -1.09. The number of hydrogen-bond donors (Lipinski definition) is 2. The molecule has 3 N–H and O–H groups in total. The third-order valence-electron chi connectivity index (χ3n) is 3.57. The molecule has 18 heavy (non-hydrogen) atoms. The van der Waals surface area contributed by atoms with Crippen LogP contribution in [0.4, 0.5) is 0 Å². The van der Waals surface area contributed by atoms with E-state index in [9.17, 15) is 14.7 Å². The molecule has 104 valence electrons. The zero-order valence-electron chi connectivity index (χ0n) is 11.0. The summed E-state index contributed by atoms with van der Waals surface area (Å²) in [4.78, 5) is 25.1. The molecular formula is C12H22N2O3S. The number of carboxylic acids is 1. The molecule has 0 aromatic rings. The molecule has 1 aliphatic rings. The minimum absolute atomic E-state index is 0.228. The third-order valence-corrected chi connectivity index (χ3v) is 4.21. The molecule has 0 saturated carbocycles. The van der Waals surface area contributed by atoms with E-state index in [1.807, 2.05) is 6.26 Å². The van der Waals surface area contributed by atoms with Gasteiger partial charge in [-0.15, -0.1) is 0 Å². The molecule has 1 heterocycles. The highest BCUT2D eigenvalue weighted by Gasteiger charge is 2.44. The lowest BCUT2D eigenvalue weighted by Gasteiger charge is -2.42. The van der Waals surface area contributed by atoms with Gasteiger partial charge in [-0.25, -0.2) is 4.79 Å². The highest BCUT2D eigenvalue weighted by atomic mass is 32.2. The number of piperidine rings is 1. The fourth-order valence-electron chi connectivity index (χ4n) is 2.27. The van der Waals surface area contributed by atoms with Crippen LogP contribution < -0.4 is 5.73 Å². The van der Waals surface area contributed by atoms with Gasteiger partial charge < -0.3 is 15.7 Å². The van der Waals surface area contributed by atoms with Crippen molar-refractivity contribution < 1.29 is 14.7 Å². The van der Waals surface area contributed by atoms with Gasteiger partial charge in [-0.1, -0.05) is 0 Å². The minimum Gasteiger partial charge on any atom is -0.480 e. The van der Waals surface area contributed by atoms with Gasteiger partial charge in [0.15, 0.2) is 0 Å². The maximum Gasteiger partial charge on any atom is 0.329 e. The van der Waals surface area contributed by atoms with Gasteiger partial charge in [-0.3, -0.25) is 4.79 Å². The molecule has 0 aliphatic carbocycles. The number of nitrogens with two attached hydrogens (primary N) is 1. The Balaban J connectivity index is 2.77. The number of nitrogens with zero attached hydrogens (tertiary/aromatic N) is 1. The van der Waals surface area contributed by atoms with Crippen LogP contribution in [0.25, 0.3) is 0 Å². The second-order valence-corrected chi connectivity index (χ2v) is 5.90. The predicted octanol–water partition coefficient (Wildman–Crippen LogP) is 0.923. The first-order valence-electron chi connectivity index (χ1n) is 6.23. The van der Waals surface area contributed by atoms with E-state index in [0.29, 0.717) is 19.4 Å². The van der Waals surface area contributed by atoms with Gasteiger partial charge in [-0.2, -0.15) is 11.8 Å². The van der Waals surface area contributed by atoms with Crippen molar-refractivity contribution in [2.45, 2.75) is 44.2 Å². The predicted molar refractivity (Wildman–Crippen MR) is 72.6 cm³/mol. The second kappa shape index (κ2) is 6.43. The number of rotatable bonds is 5. The first-order valence-corrected chi connectivity index (χ1v) is 7.62. The van der Waals surface area contributed by atoms with Gasteiger partial charge >= 0.3 is 5.97 Å². The van der Waals surface area contributed by atoms with E-state index in [1.54, 1.807) is 18.7 Å². The summed E-state index contributed by atoms with van der Waals surface area (Å²) in [5, 5.41) is 9.34. The highest BCUT2D eigenvalue weighted by molar-refractivity contribution is 7.98. The van der Waals surface area contributed by atoms with E-state index in [4.69, 9.17) is 5.73 Å². The number of carbonyl (C=O) groups excluding carboxylic acids is 1. The summed E-state index contributed by atoms with van der Waals surface area (Å²) >= 11 is 1.63. The molecule has 0 spiro atoms. The van der Waals surface area contributed by atoms with Crippen LogP contribution in [-0.2, 0) is 9.59 Å². The number of hydrogen-bond acceptors (Lipinski definition) is 4. The zero-order chi connectivity index (χ0) is 13.8. The maximum atomic E-state index is 12.3. The van der Waals surface area contributed by atoms with Crippen molar-refractivity contribution in [3.05, 3.63) is 0 Å². The number of carboxylic acid groups (broad SMARTS) is 1. The average molecular weight is 274 g/mol. The van der Waals surface area contributed by atoms with Gasteiger partial charge in [0.1, 0.15) is 5.54 Å². The van der Waals surface area contributed by atoms with E-state index in [1.165, 1.54) is 4.90 Å². The number of likely N-dealkylation sites (tertiary alicyclic amines) is 1. The summed E-state index contributed by atoms with van der Waals surface area (Å²) in [7, 11) is 0. The Morgan fingerprint density at radius 2 is 2.17 bits per heavy atom. The van der Waals surface area contributed by atoms with Crippen molar-refractivity contribution in [1.82, 2.24) is 4.90 Å². The van der Waals surface area contributed by atoms with Gasteiger partial charge in [0.25, 0.3) is 0 Å². The largest absolute Gasteiger partial charge is 0.480 e. The molecule has 0 aromatic carbocycles. The maximum absolute atomic E-state index is 12.3. The van der Waals surface area contributed by atoms with Crippen molar-refractivity contribution in [3.63, 3.8) is 0 Å². The molecule has 5 nitrogen and oxygen atoms in total. The third kappa shape index (κ3) is 3.17. The summed E-state index contributed by atoms with van der Waals surface area (Å²) in [5.74, 6) is -0.355. The van der Waals surface area contributed by atoms with E-state index < -0.39 is 17.6 Å². The molecule has 1 rings (SSSR count). The number of aliphatic carboxylic acids is 1. The SMILES string of the molecule is CSCC[C@@H](N)C(=O)N1CCCCC1(C)C(=O)O. The standard InChI is InChI=1S/C12H22N2O3S/c1-12(11(16)17)6-3-4-7-14(12)10(15)9(13)5-8-18-2/h9H,3-8,13H2,1-2H3,(H,16,17)/t9-,12?/m1/s1. The Labute approximate surface area is 112 Å². The molecule has 1 amide bonds. The fraction of sp³-hybridized carbons (Fsp3) is 0.833. The Hall–Kier alpha value is -0.750. The molecule has 1 saturated heterocycles. The Bertz CT molecular complexity index is 324. The molecule has 1 fully saturated rings. The van der Waals surface area contributed by atoms with E-state index >= 15 is 0 Å². The van der Waals surface area contributed by atoms with Crippen LogP contribution in [0.15, 0.2) is 0 Å². The first kappa shape index (κ1) is 15.3. The first-order chi connectivity index (χ1) is 8.43. The molecule has 6 heteroatoms.